The highest BCUT2D eigenvalue weighted by atomic mass is 35.5. The molecule has 1 aromatic carbocycles. The summed E-state index contributed by atoms with van der Waals surface area (Å²) in [4.78, 5) is 9.57. The zero-order chi connectivity index (χ0) is 16.1. The van der Waals surface area contributed by atoms with Gasteiger partial charge in [-0.1, -0.05) is 11.6 Å². The molecule has 3 saturated heterocycles. The molecule has 6 heteroatoms. The van der Waals surface area contributed by atoms with Gasteiger partial charge in [-0.25, -0.2) is 4.98 Å². The Hall–Kier alpha value is -1.56. The normalized spacial score (nSPS) is 22.5. The highest BCUT2D eigenvalue weighted by molar-refractivity contribution is 6.33. The van der Waals surface area contributed by atoms with Gasteiger partial charge in [-0.2, -0.15) is 0 Å². The van der Waals surface area contributed by atoms with Crippen LogP contribution in [0.5, 0.6) is 0 Å². The standard InChI is InChI=1S/C18H22ClN5/c19-15-8-13-7-14(24-11-18(12-24)9-21-10-18)1-2-16(13)22-17(15)23-5-3-20-4-6-23/h1-2,7-8,20-21H,3-6,9-12H2. The number of pyridine rings is 1. The third-order valence-corrected chi connectivity index (χ3v) is 5.85. The molecule has 2 aromatic rings. The lowest BCUT2D eigenvalue weighted by molar-refractivity contribution is 0.121. The summed E-state index contributed by atoms with van der Waals surface area (Å²) in [6, 6.07) is 8.64. The molecular weight excluding hydrogens is 322 g/mol. The maximum absolute atomic E-state index is 6.55. The lowest BCUT2D eigenvalue weighted by Crippen LogP contribution is -2.71. The van der Waals surface area contributed by atoms with Crippen LogP contribution in [0, 0.1) is 5.41 Å². The Balaban J connectivity index is 1.43. The average molecular weight is 344 g/mol. The Labute approximate surface area is 147 Å². The minimum Gasteiger partial charge on any atom is -0.370 e. The van der Waals surface area contributed by atoms with Crippen LogP contribution in [-0.2, 0) is 0 Å². The van der Waals surface area contributed by atoms with Crippen LogP contribution in [0.25, 0.3) is 10.9 Å². The highest BCUT2D eigenvalue weighted by Crippen LogP contribution is 2.38. The molecule has 1 spiro atoms. The number of hydrogen-bond acceptors (Lipinski definition) is 5. The second-order valence-corrected chi connectivity index (χ2v) is 7.77. The van der Waals surface area contributed by atoms with Crippen molar-refractivity contribution in [2.24, 2.45) is 5.41 Å². The molecule has 4 heterocycles. The first kappa shape index (κ1) is 14.8. The molecule has 24 heavy (non-hydrogen) atoms. The summed E-state index contributed by atoms with van der Waals surface area (Å²) in [5, 5.41) is 8.64. The molecule has 2 N–H and O–H groups in total. The number of rotatable bonds is 2. The molecule has 0 aliphatic carbocycles. The second-order valence-electron chi connectivity index (χ2n) is 7.37. The van der Waals surface area contributed by atoms with Crippen LogP contribution in [0.15, 0.2) is 24.3 Å². The van der Waals surface area contributed by atoms with Crippen molar-refractivity contribution in [1.29, 1.82) is 0 Å². The van der Waals surface area contributed by atoms with Crippen molar-refractivity contribution in [1.82, 2.24) is 15.6 Å². The van der Waals surface area contributed by atoms with E-state index in [1.54, 1.807) is 0 Å². The van der Waals surface area contributed by atoms with E-state index < -0.39 is 0 Å². The van der Waals surface area contributed by atoms with E-state index in [9.17, 15) is 0 Å². The Morgan fingerprint density at radius 1 is 1.00 bits per heavy atom. The SMILES string of the molecule is Clc1cc2cc(N3CC4(CNC4)C3)ccc2nc1N1CCNCC1. The Morgan fingerprint density at radius 2 is 1.79 bits per heavy atom. The first-order chi connectivity index (χ1) is 11.7. The molecule has 5 rings (SSSR count). The van der Waals surface area contributed by atoms with Crippen molar-refractivity contribution in [3.05, 3.63) is 29.3 Å². The van der Waals surface area contributed by atoms with Gasteiger partial charge >= 0.3 is 0 Å². The van der Waals surface area contributed by atoms with Gasteiger partial charge in [-0.15, -0.1) is 0 Å². The Morgan fingerprint density at radius 3 is 2.50 bits per heavy atom. The number of halogens is 1. The van der Waals surface area contributed by atoms with Gasteiger partial charge in [0.15, 0.2) is 0 Å². The predicted octanol–water partition coefficient (Wildman–Crippen LogP) is 1.71. The van der Waals surface area contributed by atoms with Crippen LogP contribution in [0.2, 0.25) is 5.02 Å². The van der Waals surface area contributed by atoms with E-state index in [0.29, 0.717) is 5.41 Å². The summed E-state index contributed by atoms with van der Waals surface area (Å²) in [6.07, 6.45) is 0. The number of aromatic nitrogens is 1. The van der Waals surface area contributed by atoms with Gasteiger partial charge in [0.1, 0.15) is 5.82 Å². The van der Waals surface area contributed by atoms with Crippen LogP contribution in [0.4, 0.5) is 11.5 Å². The second kappa shape index (κ2) is 5.48. The minimum absolute atomic E-state index is 0.539. The smallest absolute Gasteiger partial charge is 0.148 e. The maximum Gasteiger partial charge on any atom is 0.148 e. The van der Waals surface area contributed by atoms with Gasteiger partial charge in [0.05, 0.1) is 10.5 Å². The molecule has 126 valence electrons. The summed E-state index contributed by atoms with van der Waals surface area (Å²) < 4.78 is 0. The third-order valence-electron chi connectivity index (χ3n) is 5.57. The lowest BCUT2D eigenvalue weighted by atomic mass is 9.74. The predicted molar refractivity (Wildman–Crippen MR) is 99.4 cm³/mol. The first-order valence-electron chi connectivity index (χ1n) is 8.74. The van der Waals surface area contributed by atoms with Crippen molar-refractivity contribution in [3.8, 4) is 0 Å². The van der Waals surface area contributed by atoms with E-state index in [0.717, 1.165) is 61.0 Å². The van der Waals surface area contributed by atoms with Crippen molar-refractivity contribution in [2.45, 2.75) is 0 Å². The van der Waals surface area contributed by atoms with E-state index in [2.05, 4.69) is 44.7 Å². The molecule has 0 bridgehead atoms. The zero-order valence-electron chi connectivity index (χ0n) is 13.7. The van der Waals surface area contributed by atoms with Gasteiger partial charge in [0, 0.05) is 68.8 Å². The number of nitrogens with zero attached hydrogens (tertiary/aromatic N) is 3. The van der Waals surface area contributed by atoms with Crippen molar-refractivity contribution in [3.63, 3.8) is 0 Å². The summed E-state index contributed by atoms with van der Waals surface area (Å²) in [6.45, 7) is 8.54. The molecule has 0 atom stereocenters. The van der Waals surface area contributed by atoms with Gasteiger partial charge in [0.25, 0.3) is 0 Å². The molecular formula is C18H22ClN5. The largest absolute Gasteiger partial charge is 0.370 e. The van der Waals surface area contributed by atoms with Crippen LogP contribution in [0.3, 0.4) is 0 Å². The highest BCUT2D eigenvalue weighted by Gasteiger charge is 2.47. The summed E-state index contributed by atoms with van der Waals surface area (Å²) in [5.41, 5.74) is 2.85. The first-order valence-corrected chi connectivity index (χ1v) is 9.12. The fourth-order valence-corrected chi connectivity index (χ4v) is 4.35. The van der Waals surface area contributed by atoms with Gasteiger partial charge in [0.2, 0.25) is 0 Å². The molecule has 1 aromatic heterocycles. The number of fused-ring (bicyclic) bond motifs is 1. The van der Waals surface area contributed by atoms with E-state index in [1.807, 2.05) is 0 Å². The molecule has 3 fully saturated rings. The monoisotopic (exact) mass is 343 g/mol. The van der Waals surface area contributed by atoms with Crippen LogP contribution < -0.4 is 20.4 Å². The number of anilines is 2. The molecule has 0 saturated carbocycles. The summed E-state index contributed by atoms with van der Waals surface area (Å²) >= 11 is 6.55. The third kappa shape index (κ3) is 2.34. The average Bonchev–Trinajstić information content (AvgIpc) is 2.52. The number of benzene rings is 1. The minimum atomic E-state index is 0.539. The molecule has 5 nitrogen and oxygen atoms in total. The Kier molecular flexibility index (Phi) is 3.37. The zero-order valence-corrected chi connectivity index (χ0v) is 14.4. The molecule has 3 aliphatic rings. The van der Waals surface area contributed by atoms with Crippen molar-refractivity contribution in [2.75, 3.05) is 62.2 Å². The van der Waals surface area contributed by atoms with Crippen molar-refractivity contribution >= 4 is 34.0 Å². The Bertz CT molecular complexity index is 774. The molecule has 0 unspecified atom stereocenters. The molecule has 3 aliphatic heterocycles. The molecule has 0 amide bonds. The van der Waals surface area contributed by atoms with Crippen LogP contribution in [0.1, 0.15) is 0 Å². The maximum atomic E-state index is 6.55. The number of piperazine rings is 1. The molecule has 0 radical (unpaired) electrons. The van der Waals surface area contributed by atoms with Gasteiger partial charge < -0.3 is 20.4 Å². The summed E-state index contributed by atoms with van der Waals surface area (Å²) in [5.74, 6) is 0.918. The van der Waals surface area contributed by atoms with Crippen molar-refractivity contribution < 1.29 is 0 Å². The topological polar surface area (TPSA) is 43.4 Å². The lowest BCUT2D eigenvalue weighted by Gasteiger charge is -2.57. The van der Waals surface area contributed by atoms with E-state index in [-0.39, 0.29) is 0 Å². The quantitative estimate of drug-likeness (QED) is 0.869. The van der Waals surface area contributed by atoms with Crippen LogP contribution in [-0.4, -0.2) is 57.3 Å². The van der Waals surface area contributed by atoms with E-state index in [1.165, 1.54) is 18.8 Å². The number of nitrogens with one attached hydrogen (secondary N) is 2. The fourth-order valence-electron chi connectivity index (χ4n) is 4.07. The van der Waals surface area contributed by atoms with E-state index in [4.69, 9.17) is 16.6 Å². The van der Waals surface area contributed by atoms with Gasteiger partial charge in [-0.3, -0.25) is 0 Å². The summed E-state index contributed by atoms with van der Waals surface area (Å²) in [7, 11) is 0. The fraction of sp³-hybridized carbons (Fsp3) is 0.500. The van der Waals surface area contributed by atoms with E-state index >= 15 is 0 Å². The van der Waals surface area contributed by atoms with Crippen LogP contribution >= 0.6 is 11.6 Å². The number of hydrogen-bond donors (Lipinski definition) is 2. The van der Waals surface area contributed by atoms with Gasteiger partial charge in [-0.05, 0) is 24.3 Å².